The van der Waals surface area contributed by atoms with E-state index in [1.807, 2.05) is 4.90 Å². The van der Waals surface area contributed by atoms with Crippen molar-refractivity contribution in [2.45, 2.75) is 82.1 Å². The molecule has 2 amide bonds. The molecule has 0 unspecified atom stereocenters. The molecule has 1 aromatic heterocycles. The average molecular weight is 479 g/mol. The summed E-state index contributed by atoms with van der Waals surface area (Å²) < 4.78 is 28.0. The van der Waals surface area contributed by atoms with Crippen molar-refractivity contribution in [1.29, 1.82) is 0 Å². The van der Waals surface area contributed by atoms with Crippen molar-refractivity contribution < 1.29 is 18.0 Å². The minimum atomic E-state index is -3.77. The summed E-state index contributed by atoms with van der Waals surface area (Å²) in [6, 6.07) is 1.66. The molecule has 1 aliphatic carbocycles. The third-order valence-electron chi connectivity index (χ3n) is 7.54. The van der Waals surface area contributed by atoms with Crippen molar-refractivity contribution in [2.75, 3.05) is 26.2 Å². The molecule has 1 aromatic rings. The fourth-order valence-electron chi connectivity index (χ4n) is 5.34. The second kappa shape index (κ2) is 10.6. The topological polar surface area (TPSA) is 103 Å². The smallest absolute Gasteiger partial charge is 0.270 e. The SMILES string of the molecule is CC1CCC(NC(=O)[C@@H]2CCCN(S(=O)(=O)c3c[nH]c(C(=O)N4CCCCCC4)c3)C2)CC1. The molecule has 2 aliphatic heterocycles. The molecule has 0 spiro atoms. The van der Waals surface area contributed by atoms with Gasteiger partial charge in [-0.2, -0.15) is 4.31 Å². The molecule has 3 fully saturated rings. The largest absolute Gasteiger partial charge is 0.356 e. The van der Waals surface area contributed by atoms with Gasteiger partial charge < -0.3 is 15.2 Å². The molecular weight excluding hydrogens is 440 g/mol. The van der Waals surface area contributed by atoms with Crippen LogP contribution in [0, 0.1) is 11.8 Å². The number of H-pyrrole nitrogens is 1. The van der Waals surface area contributed by atoms with E-state index in [2.05, 4.69) is 17.2 Å². The first-order chi connectivity index (χ1) is 15.8. The zero-order valence-electron chi connectivity index (χ0n) is 19.7. The van der Waals surface area contributed by atoms with Crippen LogP contribution in [-0.2, 0) is 14.8 Å². The maximum absolute atomic E-state index is 13.3. The number of sulfonamides is 1. The van der Waals surface area contributed by atoms with Gasteiger partial charge in [0.25, 0.3) is 5.91 Å². The normalized spacial score (nSPS) is 27.7. The molecule has 2 N–H and O–H groups in total. The van der Waals surface area contributed by atoms with Gasteiger partial charge in [-0.15, -0.1) is 0 Å². The molecular formula is C24H38N4O4S. The van der Waals surface area contributed by atoms with Crippen LogP contribution in [0.1, 0.15) is 81.6 Å². The summed E-state index contributed by atoms with van der Waals surface area (Å²) in [6.45, 7) is 4.26. The molecule has 0 radical (unpaired) electrons. The average Bonchev–Trinajstić information content (AvgIpc) is 3.17. The summed E-state index contributed by atoms with van der Waals surface area (Å²) in [5, 5.41) is 3.16. The van der Waals surface area contributed by atoms with Gasteiger partial charge in [-0.3, -0.25) is 9.59 Å². The van der Waals surface area contributed by atoms with Crippen LogP contribution in [-0.4, -0.2) is 66.6 Å². The number of piperidine rings is 1. The molecule has 4 rings (SSSR count). The van der Waals surface area contributed by atoms with Crippen molar-refractivity contribution in [1.82, 2.24) is 19.5 Å². The standard InChI is InChI=1S/C24H38N4O4S/c1-18-8-10-20(11-9-18)26-23(29)19-7-6-14-28(17-19)33(31,32)21-15-22(25-16-21)24(30)27-12-4-2-3-5-13-27/h15-16,18-20,25H,2-14,17H2,1H3,(H,26,29)/t18?,19-,20?/m1/s1. The third-order valence-corrected chi connectivity index (χ3v) is 9.38. The van der Waals surface area contributed by atoms with E-state index in [-0.39, 0.29) is 35.2 Å². The number of likely N-dealkylation sites (tertiary alicyclic amines) is 1. The monoisotopic (exact) mass is 478 g/mol. The highest BCUT2D eigenvalue weighted by molar-refractivity contribution is 7.89. The van der Waals surface area contributed by atoms with Crippen LogP contribution in [0.5, 0.6) is 0 Å². The minimum absolute atomic E-state index is 0.0273. The lowest BCUT2D eigenvalue weighted by Gasteiger charge is -2.33. The molecule has 0 bridgehead atoms. The van der Waals surface area contributed by atoms with Crippen LogP contribution < -0.4 is 5.32 Å². The fraction of sp³-hybridized carbons (Fsp3) is 0.750. The number of amides is 2. The first kappa shape index (κ1) is 24.3. The summed E-state index contributed by atoms with van der Waals surface area (Å²) in [5.41, 5.74) is 0.313. The Morgan fingerprint density at radius 2 is 1.67 bits per heavy atom. The number of hydrogen-bond acceptors (Lipinski definition) is 4. The van der Waals surface area contributed by atoms with E-state index < -0.39 is 10.0 Å². The maximum atomic E-state index is 13.3. The lowest BCUT2D eigenvalue weighted by molar-refractivity contribution is -0.127. The van der Waals surface area contributed by atoms with Gasteiger partial charge in [-0.1, -0.05) is 19.8 Å². The van der Waals surface area contributed by atoms with Crippen LogP contribution in [0.2, 0.25) is 0 Å². The molecule has 184 valence electrons. The molecule has 9 heteroatoms. The number of hydrogen-bond donors (Lipinski definition) is 2. The van der Waals surface area contributed by atoms with E-state index in [0.29, 0.717) is 44.1 Å². The summed E-state index contributed by atoms with van der Waals surface area (Å²) in [4.78, 5) is 30.5. The molecule has 0 aromatic carbocycles. The highest BCUT2D eigenvalue weighted by Gasteiger charge is 2.35. The van der Waals surface area contributed by atoms with E-state index in [1.165, 1.54) is 16.6 Å². The minimum Gasteiger partial charge on any atom is -0.356 e. The number of aromatic amines is 1. The Morgan fingerprint density at radius 1 is 0.970 bits per heavy atom. The molecule has 3 heterocycles. The van der Waals surface area contributed by atoms with E-state index in [0.717, 1.165) is 51.4 Å². The molecule has 3 aliphatic rings. The number of rotatable bonds is 5. The quantitative estimate of drug-likeness (QED) is 0.679. The fourth-order valence-corrected chi connectivity index (χ4v) is 6.86. The highest BCUT2D eigenvalue weighted by atomic mass is 32.2. The number of nitrogens with zero attached hydrogens (tertiary/aromatic N) is 2. The second-order valence-electron chi connectivity index (χ2n) is 10.1. The summed E-state index contributed by atoms with van der Waals surface area (Å²) in [6.07, 6.45) is 11.2. The third kappa shape index (κ3) is 5.80. The lowest BCUT2D eigenvalue weighted by Crippen LogP contribution is -2.48. The maximum Gasteiger partial charge on any atom is 0.270 e. The van der Waals surface area contributed by atoms with Crippen molar-refractivity contribution in [3.8, 4) is 0 Å². The van der Waals surface area contributed by atoms with Crippen molar-refractivity contribution in [2.24, 2.45) is 11.8 Å². The van der Waals surface area contributed by atoms with Gasteiger partial charge in [0.05, 0.1) is 5.92 Å². The second-order valence-corrected chi connectivity index (χ2v) is 12.1. The molecule has 33 heavy (non-hydrogen) atoms. The number of aromatic nitrogens is 1. The number of carbonyl (C=O) groups is 2. The van der Waals surface area contributed by atoms with E-state index in [1.54, 1.807) is 0 Å². The van der Waals surface area contributed by atoms with Crippen LogP contribution in [0.25, 0.3) is 0 Å². The van der Waals surface area contributed by atoms with Gasteiger partial charge in [-0.05, 0) is 63.4 Å². The number of carbonyl (C=O) groups excluding carboxylic acids is 2. The summed E-state index contributed by atoms with van der Waals surface area (Å²) >= 11 is 0. The Labute approximate surface area is 197 Å². The summed E-state index contributed by atoms with van der Waals surface area (Å²) in [5.74, 6) is 0.215. The van der Waals surface area contributed by atoms with Gasteiger partial charge in [0.1, 0.15) is 10.6 Å². The Balaban J connectivity index is 1.38. The number of nitrogens with one attached hydrogen (secondary N) is 2. The van der Waals surface area contributed by atoms with Crippen LogP contribution in [0.4, 0.5) is 0 Å². The zero-order valence-corrected chi connectivity index (χ0v) is 20.5. The molecule has 2 saturated heterocycles. The van der Waals surface area contributed by atoms with E-state index in [9.17, 15) is 18.0 Å². The first-order valence-electron chi connectivity index (χ1n) is 12.6. The van der Waals surface area contributed by atoms with Crippen LogP contribution in [0.15, 0.2) is 17.2 Å². The Kier molecular flexibility index (Phi) is 7.79. The lowest BCUT2D eigenvalue weighted by atomic mass is 9.87. The predicted octanol–water partition coefficient (Wildman–Crippen LogP) is 3.13. The van der Waals surface area contributed by atoms with E-state index in [4.69, 9.17) is 0 Å². The Hall–Kier alpha value is -1.87. The summed E-state index contributed by atoms with van der Waals surface area (Å²) in [7, 11) is -3.77. The van der Waals surface area contributed by atoms with Gasteiger partial charge in [0.15, 0.2) is 0 Å². The van der Waals surface area contributed by atoms with Crippen molar-refractivity contribution in [3.05, 3.63) is 18.0 Å². The van der Waals surface area contributed by atoms with E-state index >= 15 is 0 Å². The molecule has 8 nitrogen and oxygen atoms in total. The Bertz CT molecular complexity index is 928. The molecule has 1 atom stereocenters. The Morgan fingerprint density at radius 3 is 2.36 bits per heavy atom. The first-order valence-corrected chi connectivity index (χ1v) is 14.1. The predicted molar refractivity (Wildman–Crippen MR) is 126 cm³/mol. The van der Waals surface area contributed by atoms with Crippen LogP contribution in [0.3, 0.4) is 0 Å². The van der Waals surface area contributed by atoms with Gasteiger partial charge in [0, 0.05) is 38.4 Å². The van der Waals surface area contributed by atoms with Gasteiger partial charge in [-0.25, -0.2) is 8.42 Å². The molecule has 1 saturated carbocycles. The van der Waals surface area contributed by atoms with Gasteiger partial charge in [0.2, 0.25) is 15.9 Å². The van der Waals surface area contributed by atoms with Gasteiger partial charge >= 0.3 is 0 Å². The van der Waals surface area contributed by atoms with Crippen molar-refractivity contribution >= 4 is 21.8 Å². The highest BCUT2D eigenvalue weighted by Crippen LogP contribution is 2.27. The van der Waals surface area contributed by atoms with Crippen LogP contribution >= 0.6 is 0 Å². The zero-order chi connectivity index (χ0) is 23.4. The van der Waals surface area contributed by atoms with Crippen molar-refractivity contribution in [3.63, 3.8) is 0 Å².